The summed E-state index contributed by atoms with van der Waals surface area (Å²) in [6.07, 6.45) is 2.55. The van der Waals surface area contributed by atoms with Crippen molar-refractivity contribution >= 4 is 11.8 Å². The number of anilines is 2. The van der Waals surface area contributed by atoms with Crippen LogP contribution in [0.3, 0.4) is 0 Å². The van der Waals surface area contributed by atoms with Crippen LogP contribution in [0.5, 0.6) is 5.75 Å². The first-order valence-corrected chi connectivity index (χ1v) is 9.14. The van der Waals surface area contributed by atoms with Crippen molar-refractivity contribution in [3.8, 4) is 5.75 Å². The van der Waals surface area contributed by atoms with Gasteiger partial charge in [0.2, 0.25) is 5.95 Å². The van der Waals surface area contributed by atoms with Gasteiger partial charge in [0.15, 0.2) is 5.82 Å². The van der Waals surface area contributed by atoms with Crippen LogP contribution in [-0.4, -0.2) is 35.4 Å². The molecule has 0 atom stereocenters. The number of aromatic nitrogens is 3. The topological polar surface area (TPSA) is 63.2 Å². The van der Waals surface area contributed by atoms with Crippen LogP contribution in [0.25, 0.3) is 0 Å². The molecule has 0 fully saturated rings. The van der Waals surface area contributed by atoms with Crippen LogP contribution < -0.4 is 15.0 Å². The molecule has 0 bridgehead atoms. The number of nitrogens with zero attached hydrogens (tertiary/aromatic N) is 4. The minimum Gasteiger partial charge on any atom is -0.497 e. The van der Waals surface area contributed by atoms with Crippen LogP contribution in [0.4, 0.5) is 11.8 Å². The third kappa shape index (κ3) is 5.41. The molecule has 0 aliphatic heterocycles. The lowest BCUT2D eigenvalue weighted by Crippen LogP contribution is -2.25. The normalized spacial score (nSPS) is 10.4. The molecule has 0 aliphatic carbocycles. The molecule has 0 amide bonds. The average Bonchev–Trinajstić information content (AvgIpc) is 2.73. The maximum Gasteiger partial charge on any atom is 0.247 e. The van der Waals surface area contributed by atoms with Crippen LogP contribution in [0, 0.1) is 0 Å². The molecule has 3 rings (SSSR count). The summed E-state index contributed by atoms with van der Waals surface area (Å²) in [5.74, 6) is 2.24. The number of benzene rings is 2. The Morgan fingerprint density at radius 2 is 1.78 bits per heavy atom. The van der Waals surface area contributed by atoms with Crippen LogP contribution in [0.2, 0.25) is 0 Å². The molecule has 0 radical (unpaired) electrons. The van der Waals surface area contributed by atoms with E-state index in [1.54, 1.807) is 13.3 Å². The quantitative estimate of drug-likeness (QED) is 0.627. The van der Waals surface area contributed by atoms with Gasteiger partial charge in [0, 0.05) is 19.6 Å². The smallest absolute Gasteiger partial charge is 0.247 e. The van der Waals surface area contributed by atoms with E-state index in [0.717, 1.165) is 37.6 Å². The predicted molar refractivity (Wildman–Crippen MR) is 108 cm³/mol. The number of hydrogen-bond donors (Lipinski definition) is 1. The second kappa shape index (κ2) is 9.52. The molecule has 140 valence electrons. The molecule has 2 aromatic carbocycles. The molecule has 1 heterocycles. The third-order valence-corrected chi connectivity index (χ3v) is 4.31. The number of hydrogen-bond acceptors (Lipinski definition) is 6. The van der Waals surface area contributed by atoms with Gasteiger partial charge in [-0.15, -0.1) is 5.10 Å². The summed E-state index contributed by atoms with van der Waals surface area (Å²) in [6.45, 7) is 4.44. The van der Waals surface area contributed by atoms with E-state index in [1.165, 1.54) is 11.1 Å². The van der Waals surface area contributed by atoms with Crippen molar-refractivity contribution in [2.45, 2.75) is 19.9 Å². The van der Waals surface area contributed by atoms with E-state index in [9.17, 15) is 0 Å². The van der Waals surface area contributed by atoms with Gasteiger partial charge in [0.05, 0.1) is 13.3 Å². The Balaban J connectivity index is 1.58. The van der Waals surface area contributed by atoms with Crippen LogP contribution in [-0.2, 0) is 13.0 Å². The zero-order valence-electron chi connectivity index (χ0n) is 15.8. The summed E-state index contributed by atoms with van der Waals surface area (Å²) in [5.41, 5.74) is 2.46. The summed E-state index contributed by atoms with van der Waals surface area (Å²) >= 11 is 0. The maximum absolute atomic E-state index is 5.19. The molecule has 1 aromatic heterocycles. The average molecular weight is 363 g/mol. The minimum atomic E-state index is 0.635. The van der Waals surface area contributed by atoms with Crippen molar-refractivity contribution in [1.82, 2.24) is 15.2 Å². The van der Waals surface area contributed by atoms with Gasteiger partial charge in [-0.25, -0.2) is 0 Å². The third-order valence-electron chi connectivity index (χ3n) is 4.31. The SMILES string of the molecule is CCN(Cc1ccccc1)c1nncc(NCCc2ccc(OC)cc2)n1. The second-order valence-electron chi connectivity index (χ2n) is 6.17. The summed E-state index contributed by atoms with van der Waals surface area (Å²) in [5, 5.41) is 11.6. The van der Waals surface area contributed by atoms with Gasteiger partial charge >= 0.3 is 0 Å². The lowest BCUT2D eigenvalue weighted by molar-refractivity contribution is 0.414. The Hall–Kier alpha value is -3.15. The van der Waals surface area contributed by atoms with Crippen LogP contribution in [0.1, 0.15) is 18.1 Å². The highest BCUT2D eigenvalue weighted by molar-refractivity contribution is 5.40. The molecule has 0 saturated carbocycles. The van der Waals surface area contributed by atoms with E-state index in [2.05, 4.69) is 56.6 Å². The molecule has 27 heavy (non-hydrogen) atoms. The fraction of sp³-hybridized carbons (Fsp3) is 0.286. The summed E-state index contributed by atoms with van der Waals surface area (Å²) in [4.78, 5) is 6.73. The Morgan fingerprint density at radius 3 is 2.48 bits per heavy atom. The molecule has 0 spiro atoms. The van der Waals surface area contributed by atoms with Gasteiger partial charge in [-0.05, 0) is 36.6 Å². The Labute approximate surface area is 160 Å². The number of ether oxygens (including phenoxy) is 1. The lowest BCUT2D eigenvalue weighted by atomic mass is 10.1. The molecule has 3 aromatic rings. The summed E-state index contributed by atoms with van der Waals surface area (Å²) in [7, 11) is 1.67. The van der Waals surface area contributed by atoms with Crippen molar-refractivity contribution in [2.24, 2.45) is 0 Å². The Kier molecular flexibility index (Phi) is 6.57. The molecular formula is C21H25N5O. The highest BCUT2D eigenvalue weighted by Crippen LogP contribution is 2.14. The van der Waals surface area contributed by atoms with E-state index >= 15 is 0 Å². The van der Waals surface area contributed by atoms with Gasteiger partial charge in [0.1, 0.15) is 5.75 Å². The first kappa shape index (κ1) is 18.6. The highest BCUT2D eigenvalue weighted by Gasteiger charge is 2.10. The fourth-order valence-electron chi connectivity index (χ4n) is 2.77. The summed E-state index contributed by atoms with van der Waals surface area (Å²) < 4.78 is 5.19. The zero-order chi connectivity index (χ0) is 18.9. The number of methoxy groups -OCH3 is 1. The fourth-order valence-corrected chi connectivity index (χ4v) is 2.77. The monoisotopic (exact) mass is 363 g/mol. The molecule has 0 unspecified atom stereocenters. The van der Waals surface area contributed by atoms with Gasteiger partial charge in [0.25, 0.3) is 0 Å². The number of nitrogens with one attached hydrogen (secondary N) is 1. The zero-order valence-corrected chi connectivity index (χ0v) is 15.8. The largest absolute Gasteiger partial charge is 0.497 e. The molecule has 6 nitrogen and oxygen atoms in total. The van der Waals surface area contributed by atoms with Gasteiger partial charge in [-0.1, -0.05) is 42.5 Å². The van der Waals surface area contributed by atoms with E-state index in [0.29, 0.717) is 5.95 Å². The Bertz CT molecular complexity index is 823. The highest BCUT2D eigenvalue weighted by atomic mass is 16.5. The van der Waals surface area contributed by atoms with E-state index in [-0.39, 0.29) is 0 Å². The summed E-state index contributed by atoms with van der Waals surface area (Å²) in [6, 6.07) is 18.4. The van der Waals surface area contributed by atoms with Gasteiger partial charge < -0.3 is 15.0 Å². The minimum absolute atomic E-state index is 0.635. The molecular weight excluding hydrogens is 338 g/mol. The molecule has 0 saturated heterocycles. The van der Waals surface area contributed by atoms with Crippen molar-refractivity contribution in [2.75, 3.05) is 30.4 Å². The lowest BCUT2D eigenvalue weighted by Gasteiger charge is -2.20. The second-order valence-corrected chi connectivity index (χ2v) is 6.17. The molecule has 1 N–H and O–H groups in total. The van der Waals surface area contributed by atoms with Crippen molar-refractivity contribution < 1.29 is 4.74 Å². The van der Waals surface area contributed by atoms with Gasteiger partial charge in [-0.2, -0.15) is 10.1 Å². The van der Waals surface area contributed by atoms with Crippen molar-refractivity contribution in [3.05, 3.63) is 71.9 Å². The maximum atomic E-state index is 5.19. The van der Waals surface area contributed by atoms with E-state index in [1.807, 2.05) is 30.3 Å². The van der Waals surface area contributed by atoms with Crippen molar-refractivity contribution in [3.63, 3.8) is 0 Å². The standard InChI is InChI=1S/C21H25N5O/c1-3-26(16-18-7-5-4-6-8-18)21-24-20(15-23-25-21)22-14-13-17-9-11-19(27-2)12-10-17/h4-12,15H,3,13-14,16H2,1-2H3,(H,22,24,25). The van der Waals surface area contributed by atoms with Crippen molar-refractivity contribution in [1.29, 1.82) is 0 Å². The van der Waals surface area contributed by atoms with Crippen LogP contribution in [0.15, 0.2) is 60.8 Å². The molecule has 0 aliphatic rings. The van der Waals surface area contributed by atoms with Crippen LogP contribution >= 0.6 is 0 Å². The van der Waals surface area contributed by atoms with E-state index in [4.69, 9.17) is 4.74 Å². The predicted octanol–water partition coefficient (Wildman–Crippen LogP) is 3.56. The van der Waals surface area contributed by atoms with E-state index < -0.39 is 0 Å². The first-order chi connectivity index (χ1) is 13.3. The first-order valence-electron chi connectivity index (χ1n) is 9.14. The molecule has 6 heteroatoms. The Morgan fingerprint density at radius 1 is 1.00 bits per heavy atom. The van der Waals surface area contributed by atoms with Gasteiger partial charge in [-0.3, -0.25) is 0 Å². The number of rotatable bonds is 9.